The van der Waals surface area contributed by atoms with E-state index in [1.807, 2.05) is 18.3 Å². The Labute approximate surface area is 117 Å². The SMILES string of the molecule is CC(NCCc1ccccn1)c1ccc(Br)cc1. The fourth-order valence-corrected chi connectivity index (χ4v) is 2.10. The van der Waals surface area contributed by atoms with Gasteiger partial charge in [-0.2, -0.15) is 0 Å². The van der Waals surface area contributed by atoms with Crippen molar-refractivity contribution in [3.63, 3.8) is 0 Å². The van der Waals surface area contributed by atoms with Crippen LogP contribution in [0.25, 0.3) is 0 Å². The molecule has 0 fully saturated rings. The maximum atomic E-state index is 4.31. The molecule has 0 saturated carbocycles. The van der Waals surface area contributed by atoms with Gasteiger partial charge in [-0.05, 0) is 36.8 Å². The summed E-state index contributed by atoms with van der Waals surface area (Å²) in [6.45, 7) is 3.12. The standard InChI is InChI=1S/C15H17BrN2/c1-12(13-5-7-14(16)8-6-13)17-11-9-15-4-2-3-10-18-15/h2-8,10,12,17H,9,11H2,1H3. The molecule has 1 aromatic carbocycles. The van der Waals surface area contributed by atoms with Crippen LogP contribution in [0.2, 0.25) is 0 Å². The van der Waals surface area contributed by atoms with Crippen molar-refractivity contribution in [1.82, 2.24) is 10.3 Å². The minimum absolute atomic E-state index is 0.363. The van der Waals surface area contributed by atoms with Gasteiger partial charge in [0.25, 0.3) is 0 Å². The van der Waals surface area contributed by atoms with E-state index >= 15 is 0 Å². The van der Waals surface area contributed by atoms with Gasteiger partial charge in [-0.1, -0.05) is 34.1 Å². The lowest BCUT2D eigenvalue weighted by Gasteiger charge is -2.14. The second-order valence-corrected chi connectivity index (χ2v) is 5.21. The minimum atomic E-state index is 0.363. The summed E-state index contributed by atoms with van der Waals surface area (Å²) >= 11 is 3.45. The number of benzene rings is 1. The van der Waals surface area contributed by atoms with E-state index in [0.717, 1.165) is 23.1 Å². The Morgan fingerprint density at radius 1 is 1.17 bits per heavy atom. The predicted octanol–water partition coefficient (Wildman–Crippen LogP) is 3.74. The second-order valence-electron chi connectivity index (χ2n) is 4.30. The summed E-state index contributed by atoms with van der Waals surface area (Å²) in [4.78, 5) is 4.31. The van der Waals surface area contributed by atoms with Crippen LogP contribution in [-0.4, -0.2) is 11.5 Å². The zero-order chi connectivity index (χ0) is 12.8. The molecule has 0 spiro atoms. The molecule has 0 aliphatic heterocycles. The molecule has 0 aliphatic rings. The van der Waals surface area contributed by atoms with Gasteiger partial charge in [-0.3, -0.25) is 4.98 Å². The summed E-state index contributed by atoms with van der Waals surface area (Å²) < 4.78 is 1.12. The Bertz CT molecular complexity index is 468. The van der Waals surface area contributed by atoms with Crippen LogP contribution in [0.3, 0.4) is 0 Å². The Hall–Kier alpha value is -1.19. The van der Waals surface area contributed by atoms with Crippen molar-refractivity contribution < 1.29 is 0 Å². The summed E-state index contributed by atoms with van der Waals surface area (Å²) in [5, 5.41) is 3.51. The summed E-state index contributed by atoms with van der Waals surface area (Å²) in [6.07, 6.45) is 2.80. The summed E-state index contributed by atoms with van der Waals surface area (Å²) in [7, 11) is 0. The number of nitrogens with zero attached hydrogens (tertiary/aromatic N) is 1. The molecule has 1 aromatic heterocycles. The number of rotatable bonds is 5. The molecule has 1 N–H and O–H groups in total. The van der Waals surface area contributed by atoms with Crippen LogP contribution in [0.1, 0.15) is 24.2 Å². The molecular formula is C15H17BrN2. The third-order valence-electron chi connectivity index (χ3n) is 2.93. The van der Waals surface area contributed by atoms with Crippen molar-refractivity contribution in [2.45, 2.75) is 19.4 Å². The number of aromatic nitrogens is 1. The molecule has 2 rings (SSSR count). The highest BCUT2D eigenvalue weighted by Gasteiger charge is 2.04. The average molecular weight is 305 g/mol. The molecule has 0 bridgehead atoms. The number of hydrogen-bond acceptors (Lipinski definition) is 2. The van der Waals surface area contributed by atoms with E-state index in [0.29, 0.717) is 6.04 Å². The van der Waals surface area contributed by atoms with E-state index in [-0.39, 0.29) is 0 Å². The minimum Gasteiger partial charge on any atom is -0.310 e. The molecule has 0 saturated heterocycles. The Morgan fingerprint density at radius 2 is 1.94 bits per heavy atom. The molecule has 2 nitrogen and oxygen atoms in total. The first-order chi connectivity index (χ1) is 8.75. The molecule has 1 unspecified atom stereocenters. The Morgan fingerprint density at radius 3 is 2.61 bits per heavy atom. The zero-order valence-corrected chi connectivity index (χ0v) is 12.0. The number of halogens is 1. The lowest BCUT2D eigenvalue weighted by atomic mass is 10.1. The lowest BCUT2D eigenvalue weighted by Crippen LogP contribution is -2.21. The van der Waals surface area contributed by atoms with E-state index in [2.05, 4.69) is 63.5 Å². The van der Waals surface area contributed by atoms with Gasteiger partial charge < -0.3 is 5.32 Å². The molecule has 94 valence electrons. The fraction of sp³-hybridized carbons (Fsp3) is 0.267. The summed E-state index contributed by atoms with van der Waals surface area (Å²) in [6, 6.07) is 14.8. The van der Waals surface area contributed by atoms with Crippen LogP contribution in [0.15, 0.2) is 53.1 Å². The topological polar surface area (TPSA) is 24.9 Å². The zero-order valence-electron chi connectivity index (χ0n) is 10.4. The third-order valence-corrected chi connectivity index (χ3v) is 3.46. The molecular weight excluding hydrogens is 288 g/mol. The highest BCUT2D eigenvalue weighted by atomic mass is 79.9. The second kappa shape index (κ2) is 6.66. The number of nitrogens with one attached hydrogen (secondary N) is 1. The molecule has 2 aromatic rings. The number of pyridine rings is 1. The van der Waals surface area contributed by atoms with E-state index < -0.39 is 0 Å². The van der Waals surface area contributed by atoms with Gasteiger partial charge in [-0.15, -0.1) is 0 Å². The van der Waals surface area contributed by atoms with Gasteiger partial charge in [0.1, 0.15) is 0 Å². The molecule has 1 heterocycles. The van der Waals surface area contributed by atoms with E-state index in [1.54, 1.807) is 0 Å². The van der Waals surface area contributed by atoms with Crippen LogP contribution in [0, 0.1) is 0 Å². The van der Waals surface area contributed by atoms with Gasteiger partial charge in [0.2, 0.25) is 0 Å². The van der Waals surface area contributed by atoms with Gasteiger partial charge in [0.05, 0.1) is 0 Å². The van der Waals surface area contributed by atoms with E-state index in [4.69, 9.17) is 0 Å². The first kappa shape index (κ1) is 13.2. The molecule has 0 amide bonds. The lowest BCUT2D eigenvalue weighted by molar-refractivity contribution is 0.574. The summed E-state index contributed by atoms with van der Waals surface area (Å²) in [5.41, 5.74) is 2.44. The van der Waals surface area contributed by atoms with Crippen molar-refractivity contribution in [2.24, 2.45) is 0 Å². The van der Waals surface area contributed by atoms with Gasteiger partial charge in [0.15, 0.2) is 0 Å². The third kappa shape index (κ3) is 3.93. The Kier molecular flexibility index (Phi) is 4.90. The van der Waals surface area contributed by atoms with E-state index in [9.17, 15) is 0 Å². The highest BCUT2D eigenvalue weighted by Crippen LogP contribution is 2.16. The van der Waals surface area contributed by atoms with Gasteiger partial charge in [-0.25, -0.2) is 0 Å². The number of hydrogen-bond donors (Lipinski definition) is 1. The van der Waals surface area contributed by atoms with Crippen molar-refractivity contribution in [3.8, 4) is 0 Å². The van der Waals surface area contributed by atoms with Crippen LogP contribution in [0.5, 0.6) is 0 Å². The summed E-state index contributed by atoms with van der Waals surface area (Å²) in [5.74, 6) is 0. The normalized spacial score (nSPS) is 12.3. The van der Waals surface area contributed by atoms with Crippen LogP contribution in [-0.2, 0) is 6.42 Å². The predicted molar refractivity (Wildman–Crippen MR) is 78.5 cm³/mol. The van der Waals surface area contributed by atoms with Crippen molar-refractivity contribution in [1.29, 1.82) is 0 Å². The maximum absolute atomic E-state index is 4.31. The van der Waals surface area contributed by atoms with Crippen molar-refractivity contribution >= 4 is 15.9 Å². The largest absolute Gasteiger partial charge is 0.310 e. The molecule has 1 atom stereocenters. The molecule has 0 aliphatic carbocycles. The van der Waals surface area contributed by atoms with Crippen LogP contribution in [0.4, 0.5) is 0 Å². The smallest absolute Gasteiger partial charge is 0.0416 e. The average Bonchev–Trinajstić information content (AvgIpc) is 2.40. The quantitative estimate of drug-likeness (QED) is 0.910. The van der Waals surface area contributed by atoms with Crippen molar-refractivity contribution in [2.75, 3.05) is 6.54 Å². The van der Waals surface area contributed by atoms with Gasteiger partial charge in [0, 0.05) is 35.4 Å². The molecule has 18 heavy (non-hydrogen) atoms. The molecule has 3 heteroatoms. The fourth-order valence-electron chi connectivity index (χ4n) is 1.83. The first-order valence-corrected chi connectivity index (χ1v) is 6.94. The monoisotopic (exact) mass is 304 g/mol. The molecule has 0 radical (unpaired) electrons. The maximum Gasteiger partial charge on any atom is 0.0416 e. The van der Waals surface area contributed by atoms with Crippen LogP contribution >= 0.6 is 15.9 Å². The van der Waals surface area contributed by atoms with Crippen molar-refractivity contribution in [3.05, 3.63) is 64.4 Å². The van der Waals surface area contributed by atoms with E-state index in [1.165, 1.54) is 5.56 Å². The first-order valence-electron chi connectivity index (χ1n) is 6.14. The van der Waals surface area contributed by atoms with Crippen LogP contribution < -0.4 is 5.32 Å². The highest BCUT2D eigenvalue weighted by molar-refractivity contribution is 9.10. The Balaban J connectivity index is 1.81. The van der Waals surface area contributed by atoms with Gasteiger partial charge >= 0.3 is 0 Å².